The highest BCUT2D eigenvalue weighted by Crippen LogP contribution is 2.24. The summed E-state index contributed by atoms with van der Waals surface area (Å²) in [7, 11) is 0. The number of para-hydroxylation sites is 2. The fourth-order valence-electron chi connectivity index (χ4n) is 2.25. The van der Waals surface area contributed by atoms with E-state index in [1.54, 1.807) is 48.7 Å². The number of carbonyl (C=O) groups is 1. The molecule has 0 fully saturated rings. The van der Waals surface area contributed by atoms with Crippen molar-refractivity contribution in [2.45, 2.75) is 0 Å². The van der Waals surface area contributed by atoms with Crippen LogP contribution < -0.4 is 0 Å². The second-order valence-corrected chi connectivity index (χ2v) is 5.03. The Labute approximate surface area is 134 Å². The Morgan fingerprint density at radius 3 is 2.17 bits per heavy atom. The number of aliphatic imine (C=N–C) groups is 1. The SMILES string of the molecule is O=C(c1ccccc1)c1cccc(/C=N/c2ccccc2)c1O. The highest BCUT2D eigenvalue weighted by molar-refractivity contribution is 6.11. The smallest absolute Gasteiger partial charge is 0.196 e. The van der Waals surface area contributed by atoms with Gasteiger partial charge in [-0.05, 0) is 24.3 Å². The molecule has 1 N–H and O–H groups in total. The quantitative estimate of drug-likeness (QED) is 0.574. The first-order chi connectivity index (χ1) is 11.3. The molecule has 0 atom stereocenters. The number of rotatable bonds is 4. The van der Waals surface area contributed by atoms with E-state index in [0.29, 0.717) is 11.1 Å². The van der Waals surface area contributed by atoms with Gasteiger partial charge < -0.3 is 5.11 Å². The van der Waals surface area contributed by atoms with Crippen molar-refractivity contribution in [2.75, 3.05) is 0 Å². The average Bonchev–Trinajstić information content (AvgIpc) is 2.62. The van der Waals surface area contributed by atoms with Crippen molar-refractivity contribution < 1.29 is 9.90 Å². The Kier molecular flexibility index (Phi) is 4.29. The molecule has 0 amide bonds. The molecule has 0 saturated carbocycles. The molecular weight excluding hydrogens is 286 g/mol. The van der Waals surface area contributed by atoms with Crippen LogP contribution in [0.4, 0.5) is 5.69 Å². The summed E-state index contributed by atoms with van der Waals surface area (Å²) in [6.45, 7) is 0. The summed E-state index contributed by atoms with van der Waals surface area (Å²) in [5.74, 6) is -0.265. The molecule has 3 nitrogen and oxygen atoms in total. The van der Waals surface area contributed by atoms with Crippen LogP contribution in [0.5, 0.6) is 5.75 Å². The van der Waals surface area contributed by atoms with Gasteiger partial charge in [0.1, 0.15) is 5.75 Å². The Morgan fingerprint density at radius 1 is 0.826 bits per heavy atom. The standard InChI is InChI=1S/C20H15NO2/c22-19(15-8-3-1-4-9-15)18-13-7-10-16(20(18)23)14-21-17-11-5-2-6-12-17/h1-14,23H/b21-14+. The van der Waals surface area contributed by atoms with E-state index in [1.807, 2.05) is 36.4 Å². The zero-order valence-electron chi connectivity index (χ0n) is 12.4. The maximum absolute atomic E-state index is 12.5. The monoisotopic (exact) mass is 301 g/mol. The predicted octanol–water partition coefficient (Wildman–Crippen LogP) is 4.37. The van der Waals surface area contributed by atoms with Crippen LogP contribution in [0.2, 0.25) is 0 Å². The van der Waals surface area contributed by atoms with Crippen LogP contribution in [0, 0.1) is 0 Å². The molecule has 112 valence electrons. The van der Waals surface area contributed by atoms with E-state index in [2.05, 4.69) is 4.99 Å². The van der Waals surface area contributed by atoms with Crippen LogP contribution in [0.3, 0.4) is 0 Å². The summed E-state index contributed by atoms with van der Waals surface area (Å²) in [4.78, 5) is 16.8. The van der Waals surface area contributed by atoms with Gasteiger partial charge in [-0.25, -0.2) is 0 Å². The summed E-state index contributed by atoms with van der Waals surface area (Å²) < 4.78 is 0. The van der Waals surface area contributed by atoms with Crippen molar-refractivity contribution in [1.29, 1.82) is 0 Å². The van der Waals surface area contributed by atoms with Gasteiger partial charge in [0.2, 0.25) is 0 Å². The second-order valence-electron chi connectivity index (χ2n) is 5.03. The highest BCUT2D eigenvalue weighted by atomic mass is 16.3. The van der Waals surface area contributed by atoms with Crippen molar-refractivity contribution >= 4 is 17.7 Å². The Hall–Kier alpha value is -3.20. The Balaban J connectivity index is 1.93. The average molecular weight is 301 g/mol. The third kappa shape index (κ3) is 3.35. The summed E-state index contributed by atoms with van der Waals surface area (Å²) in [6, 6.07) is 23.4. The van der Waals surface area contributed by atoms with E-state index in [0.717, 1.165) is 5.69 Å². The van der Waals surface area contributed by atoms with E-state index >= 15 is 0 Å². The number of hydrogen-bond donors (Lipinski definition) is 1. The van der Waals surface area contributed by atoms with Crippen LogP contribution in [-0.2, 0) is 0 Å². The molecule has 0 heterocycles. The molecule has 0 aromatic heterocycles. The molecule has 0 radical (unpaired) electrons. The van der Waals surface area contributed by atoms with Crippen LogP contribution in [-0.4, -0.2) is 17.1 Å². The first kappa shape index (κ1) is 14.7. The largest absolute Gasteiger partial charge is 0.506 e. The fourth-order valence-corrected chi connectivity index (χ4v) is 2.25. The molecule has 0 spiro atoms. The molecular formula is C20H15NO2. The predicted molar refractivity (Wildman–Crippen MR) is 91.7 cm³/mol. The van der Waals surface area contributed by atoms with Gasteiger partial charge in [-0.15, -0.1) is 0 Å². The van der Waals surface area contributed by atoms with Gasteiger partial charge in [0, 0.05) is 17.3 Å². The van der Waals surface area contributed by atoms with Gasteiger partial charge in [-0.1, -0.05) is 54.6 Å². The summed E-state index contributed by atoms with van der Waals surface area (Å²) in [5.41, 5.74) is 2.11. The Bertz CT molecular complexity index is 840. The number of nitrogens with zero attached hydrogens (tertiary/aromatic N) is 1. The van der Waals surface area contributed by atoms with Gasteiger partial charge >= 0.3 is 0 Å². The molecule has 0 bridgehead atoms. The van der Waals surface area contributed by atoms with Crippen molar-refractivity contribution in [3.8, 4) is 5.75 Å². The molecule has 3 heteroatoms. The van der Waals surface area contributed by atoms with Gasteiger partial charge in [-0.2, -0.15) is 0 Å². The van der Waals surface area contributed by atoms with E-state index in [4.69, 9.17) is 0 Å². The number of aromatic hydroxyl groups is 1. The maximum Gasteiger partial charge on any atom is 0.196 e. The molecule has 3 aromatic rings. The number of phenols is 1. The fraction of sp³-hybridized carbons (Fsp3) is 0. The van der Waals surface area contributed by atoms with Gasteiger partial charge in [0.05, 0.1) is 11.3 Å². The number of ketones is 1. The third-order valence-electron chi connectivity index (χ3n) is 3.46. The van der Waals surface area contributed by atoms with Gasteiger partial charge in [0.15, 0.2) is 5.78 Å². The van der Waals surface area contributed by atoms with Gasteiger partial charge in [0.25, 0.3) is 0 Å². The molecule has 3 rings (SSSR count). The lowest BCUT2D eigenvalue weighted by Gasteiger charge is -2.06. The molecule has 0 saturated heterocycles. The van der Waals surface area contributed by atoms with Crippen molar-refractivity contribution in [1.82, 2.24) is 0 Å². The van der Waals surface area contributed by atoms with Crippen molar-refractivity contribution in [3.05, 3.63) is 95.6 Å². The van der Waals surface area contributed by atoms with Crippen molar-refractivity contribution in [3.63, 3.8) is 0 Å². The molecule has 0 aliphatic heterocycles. The van der Waals surface area contributed by atoms with E-state index < -0.39 is 0 Å². The minimum absolute atomic E-state index is 0.0546. The zero-order valence-corrected chi connectivity index (χ0v) is 12.4. The van der Waals surface area contributed by atoms with Crippen LogP contribution >= 0.6 is 0 Å². The minimum atomic E-state index is -0.210. The van der Waals surface area contributed by atoms with E-state index in [9.17, 15) is 9.90 Å². The number of benzene rings is 3. The summed E-state index contributed by atoms with van der Waals surface area (Å²) >= 11 is 0. The molecule has 0 aliphatic rings. The van der Waals surface area contributed by atoms with Crippen molar-refractivity contribution in [2.24, 2.45) is 4.99 Å². The molecule has 0 aliphatic carbocycles. The lowest BCUT2D eigenvalue weighted by Crippen LogP contribution is -2.02. The zero-order chi connectivity index (χ0) is 16.1. The van der Waals surface area contributed by atoms with Crippen LogP contribution in [0.15, 0.2) is 83.9 Å². The lowest BCUT2D eigenvalue weighted by atomic mass is 10.0. The van der Waals surface area contributed by atoms with Crippen LogP contribution in [0.25, 0.3) is 0 Å². The third-order valence-corrected chi connectivity index (χ3v) is 3.46. The first-order valence-electron chi connectivity index (χ1n) is 7.26. The number of hydrogen-bond acceptors (Lipinski definition) is 3. The Morgan fingerprint density at radius 2 is 1.48 bits per heavy atom. The minimum Gasteiger partial charge on any atom is -0.506 e. The highest BCUT2D eigenvalue weighted by Gasteiger charge is 2.14. The number of carbonyl (C=O) groups excluding carboxylic acids is 1. The molecule has 23 heavy (non-hydrogen) atoms. The second kappa shape index (κ2) is 6.71. The van der Waals surface area contributed by atoms with Crippen LogP contribution in [0.1, 0.15) is 21.5 Å². The molecule has 0 unspecified atom stereocenters. The molecule has 3 aromatic carbocycles. The summed E-state index contributed by atoms with van der Waals surface area (Å²) in [6.07, 6.45) is 1.56. The van der Waals surface area contributed by atoms with E-state index in [1.165, 1.54) is 0 Å². The topological polar surface area (TPSA) is 49.7 Å². The first-order valence-corrected chi connectivity index (χ1v) is 7.26. The maximum atomic E-state index is 12.5. The van der Waals surface area contributed by atoms with E-state index in [-0.39, 0.29) is 17.1 Å². The lowest BCUT2D eigenvalue weighted by molar-refractivity contribution is 0.103. The summed E-state index contributed by atoms with van der Waals surface area (Å²) in [5, 5.41) is 10.4. The normalized spacial score (nSPS) is 10.8. The number of phenolic OH excluding ortho intramolecular Hbond substituents is 1. The van der Waals surface area contributed by atoms with Gasteiger partial charge in [-0.3, -0.25) is 9.79 Å².